The summed E-state index contributed by atoms with van der Waals surface area (Å²) >= 11 is 1.67. The van der Waals surface area contributed by atoms with Crippen LogP contribution in [0.5, 0.6) is 0 Å². The first-order valence-corrected chi connectivity index (χ1v) is 9.70. The zero-order valence-corrected chi connectivity index (χ0v) is 17.6. The number of hydrogen-bond acceptors (Lipinski definition) is 5. The second-order valence-corrected chi connectivity index (χ2v) is 8.55. The van der Waals surface area contributed by atoms with E-state index in [-0.39, 0.29) is 29.7 Å². The molecule has 0 saturated carbocycles. The summed E-state index contributed by atoms with van der Waals surface area (Å²) < 4.78 is 24.9. The van der Waals surface area contributed by atoms with Crippen molar-refractivity contribution in [1.82, 2.24) is 19.9 Å². The molecule has 1 aliphatic rings. The Balaban J connectivity index is 0.00000264. The first-order chi connectivity index (χ1) is 10.4. The molecule has 10 heteroatoms. The molecule has 1 aromatic rings. The molecule has 132 valence electrons. The van der Waals surface area contributed by atoms with E-state index in [1.807, 2.05) is 6.92 Å². The quantitative estimate of drug-likeness (QED) is 0.380. The minimum Gasteiger partial charge on any atom is -0.355 e. The van der Waals surface area contributed by atoms with Gasteiger partial charge in [-0.05, 0) is 20.3 Å². The maximum Gasteiger partial charge on any atom is 0.214 e. The van der Waals surface area contributed by atoms with Gasteiger partial charge in [0.05, 0.1) is 18.0 Å². The van der Waals surface area contributed by atoms with Crippen LogP contribution in [-0.4, -0.2) is 56.1 Å². The SMILES string of the molecule is CN=C(NCCN1CCCS1(=O)=O)NCc1nc(C)c(C)s1.I. The summed E-state index contributed by atoms with van der Waals surface area (Å²) in [6, 6.07) is 0. The summed E-state index contributed by atoms with van der Waals surface area (Å²) in [4.78, 5) is 9.82. The van der Waals surface area contributed by atoms with Gasteiger partial charge in [-0.1, -0.05) is 0 Å². The Labute approximate surface area is 159 Å². The standard InChI is InChI=1S/C13H23N5O2S2.HI/c1-10-11(2)21-12(17-10)9-16-13(14-3)15-5-7-18-6-4-8-22(18,19)20;/h4-9H2,1-3H3,(H2,14,15,16);1H. The molecule has 7 nitrogen and oxygen atoms in total. The lowest BCUT2D eigenvalue weighted by Gasteiger charge is -2.16. The largest absolute Gasteiger partial charge is 0.355 e. The second-order valence-electron chi connectivity index (χ2n) is 5.17. The number of guanidine groups is 1. The molecule has 1 aromatic heterocycles. The van der Waals surface area contributed by atoms with Crippen molar-refractivity contribution in [1.29, 1.82) is 0 Å². The minimum absolute atomic E-state index is 0. The van der Waals surface area contributed by atoms with Crippen molar-refractivity contribution in [3.8, 4) is 0 Å². The van der Waals surface area contributed by atoms with Crippen molar-refractivity contribution in [2.24, 2.45) is 4.99 Å². The van der Waals surface area contributed by atoms with E-state index in [0.717, 1.165) is 17.1 Å². The lowest BCUT2D eigenvalue weighted by Crippen LogP contribution is -2.41. The molecule has 0 aromatic carbocycles. The van der Waals surface area contributed by atoms with Crippen LogP contribution in [-0.2, 0) is 16.6 Å². The van der Waals surface area contributed by atoms with E-state index in [1.165, 1.54) is 9.18 Å². The normalized spacial score (nSPS) is 17.8. The van der Waals surface area contributed by atoms with E-state index in [2.05, 4.69) is 27.5 Å². The van der Waals surface area contributed by atoms with Crippen LogP contribution in [0.25, 0.3) is 0 Å². The van der Waals surface area contributed by atoms with Gasteiger partial charge >= 0.3 is 0 Å². The highest BCUT2D eigenvalue weighted by atomic mass is 127. The van der Waals surface area contributed by atoms with E-state index in [9.17, 15) is 8.42 Å². The van der Waals surface area contributed by atoms with Crippen LogP contribution in [0, 0.1) is 13.8 Å². The maximum atomic E-state index is 11.7. The molecule has 0 spiro atoms. The van der Waals surface area contributed by atoms with Crippen molar-refractivity contribution in [3.05, 3.63) is 15.6 Å². The van der Waals surface area contributed by atoms with E-state index >= 15 is 0 Å². The molecule has 0 atom stereocenters. The predicted octanol–water partition coefficient (Wildman–Crippen LogP) is 1.08. The molecule has 2 N–H and O–H groups in total. The molecule has 0 amide bonds. The van der Waals surface area contributed by atoms with Gasteiger partial charge in [-0.15, -0.1) is 35.3 Å². The molecule has 0 bridgehead atoms. The van der Waals surface area contributed by atoms with Crippen LogP contribution < -0.4 is 10.6 Å². The highest BCUT2D eigenvalue weighted by Crippen LogP contribution is 2.15. The van der Waals surface area contributed by atoms with Gasteiger partial charge < -0.3 is 10.6 Å². The van der Waals surface area contributed by atoms with Crippen LogP contribution in [0.4, 0.5) is 0 Å². The number of rotatable bonds is 5. The summed E-state index contributed by atoms with van der Waals surface area (Å²) in [5.41, 5.74) is 1.06. The minimum atomic E-state index is -3.02. The van der Waals surface area contributed by atoms with Gasteiger partial charge in [0, 0.05) is 31.6 Å². The van der Waals surface area contributed by atoms with Gasteiger partial charge in [0.25, 0.3) is 0 Å². The Morgan fingerprint density at radius 2 is 2.13 bits per heavy atom. The Morgan fingerprint density at radius 1 is 1.39 bits per heavy atom. The number of sulfonamides is 1. The fraction of sp³-hybridized carbons (Fsp3) is 0.692. The smallest absolute Gasteiger partial charge is 0.214 e. The topological polar surface area (TPSA) is 86.7 Å². The van der Waals surface area contributed by atoms with E-state index in [0.29, 0.717) is 32.1 Å². The van der Waals surface area contributed by atoms with Crippen molar-refractivity contribution in [3.63, 3.8) is 0 Å². The summed E-state index contributed by atoms with van der Waals surface area (Å²) in [7, 11) is -1.33. The van der Waals surface area contributed by atoms with Gasteiger partial charge in [-0.25, -0.2) is 17.7 Å². The third-order valence-electron chi connectivity index (χ3n) is 3.56. The van der Waals surface area contributed by atoms with Crippen molar-refractivity contribution < 1.29 is 8.42 Å². The van der Waals surface area contributed by atoms with Crippen molar-refractivity contribution in [2.75, 3.05) is 32.4 Å². The number of halogens is 1. The summed E-state index contributed by atoms with van der Waals surface area (Å²) in [6.07, 6.45) is 0.720. The molecule has 0 unspecified atom stereocenters. The molecular weight excluding hydrogens is 449 g/mol. The maximum absolute atomic E-state index is 11.7. The Bertz CT molecular complexity index is 625. The summed E-state index contributed by atoms with van der Waals surface area (Å²) in [5, 5.41) is 7.34. The Morgan fingerprint density at radius 3 is 2.65 bits per heavy atom. The molecule has 1 fully saturated rings. The van der Waals surface area contributed by atoms with E-state index in [4.69, 9.17) is 0 Å². The number of aryl methyl sites for hydroxylation is 2. The van der Waals surface area contributed by atoms with Crippen LogP contribution in [0.15, 0.2) is 4.99 Å². The molecule has 2 rings (SSSR count). The third kappa shape index (κ3) is 5.84. The number of nitrogens with zero attached hydrogens (tertiary/aromatic N) is 3. The molecule has 23 heavy (non-hydrogen) atoms. The van der Waals surface area contributed by atoms with Gasteiger partial charge in [-0.3, -0.25) is 4.99 Å². The average molecular weight is 473 g/mol. The van der Waals surface area contributed by atoms with Gasteiger partial charge in [0.2, 0.25) is 10.0 Å². The van der Waals surface area contributed by atoms with Crippen molar-refractivity contribution in [2.45, 2.75) is 26.8 Å². The first kappa shape index (κ1) is 20.6. The van der Waals surface area contributed by atoms with Crippen LogP contribution in [0.1, 0.15) is 22.0 Å². The van der Waals surface area contributed by atoms with E-state index in [1.54, 1.807) is 18.4 Å². The zero-order valence-electron chi connectivity index (χ0n) is 13.6. The number of nitrogens with one attached hydrogen (secondary N) is 2. The summed E-state index contributed by atoms with van der Waals surface area (Å²) in [5.74, 6) is 0.921. The number of thiazole rings is 1. The lowest BCUT2D eigenvalue weighted by molar-refractivity contribution is 0.445. The van der Waals surface area contributed by atoms with Gasteiger partial charge in [-0.2, -0.15) is 0 Å². The number of aromatic nitrogens is 1. The first-order valence-electron chi connectivity index (χ1n) is 7.27. The Kier molecular flexibility index (Phi) is 8.18. The molecule has 1 aliphatic heterocycles. The Hall–Kier alpha value is -0.460. The predicted molar refractivity (Wildman–Crippen MR) is 105 cm³/mol. The van der Waals surface area contributed by atoms with Crippen LogP contribution in [0.3, 0.4) is 0 Å². The van der Waals surface area contributed by atoms with Crippen molar-refractivity contribution >= 4 is 51.3 Å². The molecule has 1 saturated heterocycles. The highest BCUT2D eigenvalue weighted by Gasteiger charge is 2.27. The van der Waals surface area contributed by atoms with Crippen LogP contribution in [0.2, 0.25) is 0 Å². The monoisotopic (exact) mass is 473 g/mol. The summed E-state index contributed by atoms with van der Waals surface area (Å²) in [6.45, 7) is 6.29. The van der Waals surface area contributed by atoms with Gasteiger partial charge in [0.1, 0.15) is 5.01 Å². The highest BCUT2D eigenvalue weighted by molar-refractivity contribution is 14.0. The molecular formula is C13H24IN5O2S2. The zero-order chi connectivity index (χ0) is 16.2. The van der Waals surface area contributed by atoms with Crippen LogP contribution >= 0.6 is 35.3 Å². The lowest BCUT2D eigenvalue weighted by atomic mass is 10.4. The number of hydrogen-bond donors (Lipinski definition) is 2. The van der Waals surface area contributed by atoms with Gasteiger partial charge in [0.15, 0.2) is 5.96 Å². The molecule has 0 aliphatic carbocycles. The second kappa shape index (κ2) is 9.14. The fourth-order valence-corrected chi connectivity index (χ4v) is 4.64. The average Bonchev–Trinajstić information content (AvgIpc) is 2.96. The number of aliphatic imine (C=N–C) groups is 1. The molecule has 2 heterocycles. The fourth-order valence-electron chi connectivity index (χ4n) is 2.24. The van der Waals surface area contributed by atoms with E-state index < -0.39 is 10.0 Å². The molecule has 0 radical (unpaired) electrons. The third-order valence-corrected chi connectivity index (χ3v) is 6.59.